The van der Waals surface area contributed by atoms with Gasteiger partial charge < -0.3 is 5.11 Å². The molecule has 0 saturated heterocycles. The number of benzene rings is 1. The van der Waals surface area contributed by atoms with E-state index >= 15 is 0 Å². The molecule has 1 aromatic carbocycles. The number of halogens is 2. The lowest BCUT2D eigenvalue weighted by atomic mass is 9.79. The zero-order chi connectivity index (χ0) is 14.0. The van der Waals surface area contributed by atoms with E-state index in [2.05, 4.69) is 19.9 Å². The van der Waals surface area contributed by atoms with Gasteiger partial charge in [-0.1, -0.05) is 36.2 Å². The minimum Gasteiger partial charge on any atom is -0.392 e. The lowest BCUT2D eigenvalue weighted by Crippen LogP contribution is -2.27. The summed E-state index contributed by atoms with van der Waals surface area (Å²) in [7, 11) is 0. The molecule has 0 aliphatic heterocycles. The maximum absolute atomic E-state index is 13.7. The summed E-state index contributed by atoms with van der Waals surface area (Å²) in [5, 5.41) is 10.8. The third kappa shape index (κ3) is 3.58. The molecular formula is C16H20ClFO. The Bertz CT molecular complexity index is 463. The summed E-state index contributed by atoms with van der Waals surface area (Å²) >= 11 is 6.01. The van der Waals surface area contributed by atoms with Gasteiger partial charge in [0, 0.05) is 17.0 Å². The van der Waals surface area contributed by atoms with Crippen molar-refractivity contribution in [2.75, 3.05) is 0 Å². The average molecular weight is 283 g/mol. The fraction of sp³-hybridized carbons (Fsp3) is 0.500. The molecule has 0 bridgehead atoms. The third-order valence-electron chi connectivity index (χ3n) is 3.85. The molecule has 0 heterocycles. The first-order valence-electron chi connectivity index (χ1n) is 6.75. The summed E-state index contributed by atoms with van der Waals surface area (Å²) in [6, 6.07) is 4.65. The fourth-order valence-corrected chi connectivity index (χ4v) is 3.23. The Balaban J connectivity index is 2.09. The highest BCUT2D eigenvalue weighted by Crippen LogP contribution is 2.32. The van der Waals surface area contributed by atoms with E-state index in [4.69, 9.17) is 11.6 Å². The molecule has 1 aromatic rings. The van der Waals surface area contributed by atoms with Gasteiger partial charge in [-0.25, -0.2) is 4.39 Å². The van der Waals surface area contributed by atoms with Gasteiger partial charge in [0.15, 0.2) is 0 Å². The molecule has 0 spiro atoms. The van der Waals surface area contributed by atoms with Gasteiger partial charge in [-0.15, -0.1) is 0 Å². The first-order valence-corrected chi connectivity index (χ1v) is 7.13. The SMILES string of the molecule is CC1=CC(C)CC(C(O)Cc2c(F)cccc2Cl)C1. The van der Waals surface area contributed by atoms with Crippen LogP contribution in [0, 0.1) is 17.7 Å². The summed E-state index contributed by atoms with van der Waals surface area (Å²) in [6.45, 7) is 4.24. The van der Waals surface area contributed by atoms with Crippen molar-refractivity contribution in [3.8, 4) is 0 Å². The molecule has 0 amide bonds. The van der Waals surface area contributed by atoms with Crippen LogP contribution in [0.1, 0.15) is 32.3 Å². The van der Waals surface area contributed by atoms with Crippen molar-refractivity contribution in [2.45, 2.75) is 39.2 Å². The number of allylic oxidation sites excluding steroid dienone is 2. The van der Waals surface area contributed by atoms with Crippen LogP contribution in [0.25, 0.3) is 0 Å². The van der Waals surface area contributed by atoms with Gasteiger partial charge in [-0.3, -0.25) is 0 Å². The van der Waals surface area contributed by atoms with E-state index in [9.17, 15) is 9.50 Å². The predicted molar refractivity (Wildman–Crippen MR) is 76.8 cm³/mol. The van der Waals surface area contributed by atoms with Crippen molar-refractivity contribution in [1.29, 1.82) is 0 Å². The summed E-state index contributed by atoms with van der Waals surface area (Å²) in [5.41, 5.74) is 1.74. The smallest absolute Gasteiger partial charge is 0.127 e. The Morgan fingerprint density at radius 2 is 2.21 bits per heavy atom. The van der Waals surface area contributed by atoms with E-state index in [1.807, 2.05) is 0 Å². The molecule has 1 nitrogen and oxygen atoms in total. The second-order valence-corrected chi connectivity index (χ2v) is 6.07. The number of hydrogen-bond acceptors (Lipinski definition) is 1. The third-order valence-corrected chi connectivity index (χ3v) is 4.20. The van der Waals surface area contributed by atoms with Crippen LogP contribution in [-0.2, 0) is 6.42 Å². The van der Waals surface area contributed by atoms with Crippen LogP contribution in [0.5, 0.6) is 0 Å². The van der Waals surface area contributed by atoms with E-state index < -0.39 is 6.10 Å². The summed E-state index contributed by atoms with van der Waals surface area (Å²) < 4.78 is 13.7. The molecule has 3 heteroatoms. The molecule has 3 atom stereocenters. The molecule has 1 aliphatic rings. The first-order chi connectivity index (χ1) is 8.97. The van der Waals surface area contributed by atoms with Crippen molar-refractivity contribution in [3.63, 3.8) is 0 Å². The standard InChI is InChI=1S/C16H20ClFO/c1-10-6-11(2)8-12(7-10)16(19)9-13-14(17)4-3-5-15(13)18/h3-6,10,12,16,19H,7-9H2,1-2H3. The van der Waals surface area contributed by atoms with Crippen molar-refractivity contribution < 1.29 is 9.50 Å². The highest BCUT2D eigenvalue weighted by Gasteiger charge is 2.26. The van der Waals surface area contributed by atoms with Gasteiger partial charge in [-0.2, -0.15) is 0 Å². The molecule has 0 radical (unpaired) electrons. The Morgan fingerprint density at radius 1 is 1.47 bits per heavy atom. The Hall–Kier alpha value is -0.860. The van der Waals surface area contributed by atoms with Crippen molar-refractivity contribution in [1.82, 2.24) is 0 Å². The van der Waals surface area contributed by atoms with Gasteiger partial charge in [0.05, 0.1) is 6.10 Å². The fourth-order valence-electron chi connectivity index (χ4n) is 2.99. The first kappa shape index (κ1) is 14.5. The molecular weight excluding hydrogens is 263 g/mol. The zero-order valence-corrected chi connectivity index (χ0v) is 12.1. The van der Waals surface area contributed by atoms with Gasteiger partial charge in [0.2, 0.25) is 0 Å². The van der Waals surface area contributed by atoms with Crippen LogP contribution in [0.3, 0.4) is 0 Å². The van der Waals surface area contributed by atoms with Crippen LogP contribution < -0.4 is 0 Å². The minimum absolute atomic E-state index is 0.190. The van der Waals surface area contributed by atoms with Crippen LogP contribution in [0.15, 0.2) is 29.8 Å². The zero-order valence-electron chi connectivity index (χ0n) is 11.4. The van der Waals surface area contributed by atoms with Gasteiger partial charge in [0.25, 0.3) is 0 Å². The molecule has 19 heavy (non-hydrogen) atoms. The highest BCUT2D eigenvalue weighted by atomic mass is 35.5. The normalized spacial score (nSPS) is 25.0. The maximum Gasteiger partial charge on any atom is 0.127 e. The van der Waals surface area contributed by atoms with Crippen molar-refractivity contribution in [3.05, 3.63) is 46.3 Å². The molecule has 3 unspecified atom stereocenters. The molecule has 0 aromatic heterocycles. The Labute approximate surface area is 119 Å². The number of rotatable bonds is 3. The minimum atomic E-state index is -0.541. The van der Waals surface area contributed by atoms with Crippen molar-refractivity contribution in [2.24, 2.45) is 11.8 Å². The summed E-state index contributed by atoms with van der Waals surface area (Å²) in [6.07, 6.45) is 3.83. The summed E-state index contributed by atoms with van der Waals surface area (Å²) in [5.74, 6) is 0.336. The largest absolute Gasteiger partial charge is 0.392 e. The second-order valence-electron chi connectivity index (χ2n) is 5.66. The molecule has 0 fully saturated rings. The van der Waals surface area contributed by atoms with Crippen LogP contribution >= 0.6 is 11.6 Å². The molecule has 104 valence electrons. The van der Waals surface area contributed by atoms with Crippen LogP contribution in [0.4, 0.5) is 4.39 Å². The average Bonchev–Trinajstić information content (AvgIpc) is 2.32. The predicted octanol–water partition coefficient (Wildman–Crippen LogP) is 4.37. The van der Waals surface area contributed by atoms with Crippen LogP contribution in [-0.4, -0.2) is 11.2 Å². The quantitative estimate of drug-likeness (QED) is 0.816. The van der Waals surface area contributed by atoms with E-state index in [1.54, 1.807) is 12.1 Å². The lowest BCUT2D eigenvalue weighted by molar-refractivity contribution is 0.0924. The number of hydrogen-bond donors (Lipinski definition) is 1. The maximum atomic E-state index is 13.7. The van der Waals surface area contributed by atoms with Gasteiger partial charge in [0.1, 0.15) is 5.82 Å². The van der Waals surface area contributed by atoms with Crippen LogP contribution in [0.2, 0.25) is 5.02 Å². The van der Waals surface area contributed by atoms with E-state index in [0.29, 0.717) is 16.5 Å². The van der Waals surface area contributed by atoms with E-state index in [1.165, 1.54) is 11.6 Å². The lowest BCUT2D eigenvalue weighted by Gasteiger charge is -2.29. The Morgan fingerprint density at radius 3 is 2.84 bits per heavy atom. The van der Waals surface area contributed by atoms with Gasteiger partial charge >= 0.3 is 0 Å². The monoisotopic (exact) mass is 282 g/mol. The topological polar surface area (TPSA) is 20.2 Å². The van der Waals surface area contributed by atoms with Crippen molar-refractivity contribution >= 4 is 11.6 Å². The second kappa shape index (κ2) is 6.06. The van der Waals surface area contributed by atoms with E-state index in [0.717, 1.165) is 12.8 Å². The van der Waals surface area contributed by atoms with Gasteiger partial charge in [-0.05, 0) is 43.7 Å². The molecule has 1 aliphatic carbocycles. The number of aliphatic hydroxyl groups is 1. The number of aliphatic hydroxyl groups excluding tert-OH is 1. The van der Waals surface area contributed by atoms with E-state index in [-0.39, 0.29) is 18.2 Å². The molecule has 1 N–H and O–H groups in total. The summed E-state index contributed by atoms with van der Waals surface area (Å²) in [4.78, 5) is 0. The highest BCUT2D eigenvalue weighted by molar-refractivity contribution is 6.31. The Kier molecular flexibility index (Phi) is 4.64. The molecule has 0 saturated carbocycles. The molecule has 2 rings (SSSR count).